The van der Waals surface area contributed by atoms with Crippen molar-refractivity contribution in [2.24, 2.45) is 29.6 Å². The van der Waals surface area contributed by atoms with Gasteiger partial charge in [-0.15, -0.1) is 0 Å². The molecule has 7 atom stereocenters. The molecule has 1 saturated carbocycles. The molecular formula is C31H40F2N2O7S. The number of benzene rings is 2. The first-order valence-electron chi connectivity index (χ1n) is 14.7. The number of esters is 1. The molecule has 2 aromatic rings. The van der Waals surface area contributed by atoms with Gasteiger partial charge in [-0.2, -0.15) is 4.31 Å². The van der Waals surface area contributed by atoms with Crippen LogP contribution in [0.15, 0.2) is 41.3 Å². The highest BCUT2D eigenvalue weighted by molar-refractivity contribution is 7.89. The predicted octanol–water partition coefficient (Wildman–Crippen LogP) is 3.66. The molecule has 236 valence electrons. The summed E-state index contributed by atoms with van der Waals surface area (Å²) < 4.78 is 73.8. The van der Waals surface area contributed by atoms with Gasteiger partial charge < -0.3 is 25.1 Å². The van der Waals surface area contributed by atoms with E-state index in [-0.39, 0.29) is 66.9 Å². The van der Waals surface area contributed by atoms with Crippen LogP contribution in [0.2, 0.25) is 0 Å². The van der Waals surface area contributed by atoms with Gasteiger partial charge in [0.2, 0.25) is 10.0 Å². The fourth-order valence-corrected chi connectivity index (χ4v) is 8.28. The summed E-state index contributed by atoms with van der Waals surface area (Å²) in [7, 11) is -4.05. The van der Waals surface area contributed by atoms with E-state index in [0.29, 0.717) is 30.0 Å². The van der Waals surface area contributed by atoms with E-state index in [1.807, 2.05) is 13.8 Å². The number of sulfonamides is 1. The number of nitrogens with two attached hydrogens (primary N) is 1. The third-order valence-corrected chi connectivity index (χ3v) is 10.7. The van der Waals surface area contributed by atoms with Crippen LogP contribution >= 0.6 is 0 Å². The van der Waals surface area contributed by atoms with Crippen LogP contribution in [0.5, 0.6) is 0 Å². The number of fused-ring (bicyclic) bond motifs is 1. The minimum atomic E-state index is -4.05. The molecule has 3 aliphatic rings. The lowest BCUT2D eigenvalue weighted by atomic mass is 9.90. The first-order chi connectivity index (χ1) is 20.3. The maximum Gasteiger partial charge on any atom is 0.306 e. The molecule has 3 N–H and O–H groups in total. The maximum absolute atomic E-state index is 14.1. The Morgan fingerprint density at radius 3 is 2.53 bits per heavy atom. The van der Waals surface area contributed by atoms with Gasteiger partial charge in [0.05, 0.1) is 30.6 Å². The zero-order valence-corrected chi connectivity index (χ0v) is 25.4. The number of hydrogen-bond donors (Lipinski definition) is 2. The van der Waals surface area contributed by atoms with E-state index in [4.69, 9.17) is 19.9 Å². The zero-order valence-electron chi connectivity index (χ0n) is 24.6. The van der Waals surface area contributed by atoms with Crippen LogP contribution in [-0.4, -0.2) is 68.6 Å². The van der Waals surface area contributed by atoms with E-state index >= 15 is 0 Å². The molecule has 5 rings (SSSR count). The van der Waals surface area contributed by atoms with Crippen molar-refractivity contribution in [1.29, 1.82) is 0 Å². The molecule has 2 aliphatic heterocycles. The number of nitrogen functional groups attached to an aromatic ring is 1. The number of carbonyl (C=O) groups is 1. The summed E-state index contributed by atoms with van der Waals surface area (Å²) in [6, 6.07) is 7.82. The van der Waals surface area contributed by atoms with E-state index in [2.05, 4.69) is 0 Å². The van der Waals surface area contributed by atoms with Crippen LogP contribution in [-0.2, 0) is 35.4 Å². The molecule has 0 amide bonds. The van der Waals surface area contributed by atoms with Crippen molar-refractivity contribution in [3.63, 3.8) is 0 Å². The summed E-state index contributed by atoms with van der Waals surface area (Å²) in [4.78, 5) is 13.4. The fourth-order valence-electron chi connectivity index (χ4n) is 6.57. The van der Waals surface area contributed by atoms with Crippen molar-refractivity contribution in [1.82, 2.24) is 4.31 Å². The molecule has 2 heterocycles. The molecular weight excluding hydrogens is 582 g/mol. The number of aryl methyl sites for hydroxylation is 1. The smallest absolute Gasteiger partial charge is 0.306 e. The molecule has 0 aromatic heterocycles. The molecule has 9 nitrogen and oxygen atoms in total. The Bertz CT molecular complexity index is 1440. The van der Waals surface area contributed by atoms with Gasteiger partial charge in [0.25, 0.3) is 0 Å². The van der Waals surface area contributed by atoms with Crippen molar-refractivity contribution in [2.75, 3.05) is 32.0 Å². The van der Waals surface area contributed by atoms with Gasteiger partial charge in [0.1, 0.15) is 6.10 Å². The van der Waals surface area contributed by atoms with Crippen molar-refractivity contribution < 1.29 is 41.3 Å². The molecule has 43 heavy (non-hydrogen) atoms. The lowest BCUT2D eigenvalue weighted by Gasteiger charge is -2.31. The zero-order chi connectivity index (χ0) is 31.1. The maximum atomic E-state index is 14.1. The number of ether oxygens (including phenoxy) is 3. The summed E-state index contributed by atoms with van der Waals surface area (Å²) in [6.07, 6.45) is -1.37. The molecule has 0 spiro atoms. The standard InChI is InChI=1S/C31H40F2N2O7S/c1-17(2)13-35(43(38,39)22-5-7-27(34)18(3)8-22)14-28(36)20(9-19-4-6-25(32)26(33)10-19)12-29(37)42-30-21-11-23-24(30)16-41-31(23)40-15-21/h4-8,10,17,20-21,23-24,28,30-31,36H,9,11-16,34H2,1-3H3/t20-,21?,23?,24?,28-,30?,31?/m1/s1. The number of hydrogen-bond acceptors (Lipinski definition) is 8. The van der Waals surface area contributed by atoms with Gasteiger partial charge in [-0.25, -0.2) is 17.2 Å². The van der Waals surface area contributed by atoms with Gasteiger partial charge >= 0.3 is 5.97 Å². The lowest BCUT2D eigenvalue weighted by molar-refractivity contribution is -0.178. The highest BCUT2D eigenvalue weighted by Gasteiger charge is 2.56. The Hall–Kier alpha value is -2.64. The molecule has 3 fully saturated rings. The van der Waals surface area contributed by atoms with Crippen LogP contribution in [0.4, 0.5) is 14.5 Å². The minimum Gasteiger partial charge on any atom is -0.462 e. The normalized spacial score (nSPS) is 26.2. The quantitative estimate of drug-likeness (QED) is 0.271. The molecule has 5 unspecified atom stereocenters. The summed E-state index contributed by atoms with van der Waals surface area (Å²) in [5.74, 6) is -3.28. The van der Waals surface area contributed by atoms with E-state index in [1.165, 1.54) is 28.6 Å². The Morgan fingerprint density at radius 1 is 1.09 bits per heavy atom. The number of aliphatic hydroxyl groups excluding tert-OH is 1. The first-order valence-corrected chi connectivity index (χ1v) is 16.2. The van der Waals surface area contributed by atoms with E-state index in [0.717, 1.165) is 18.6 Å². The van der Waals surface area contributed by atoms with Crippen LogP contribution in [0, 0.1) is 48.1 Å². The van der Waals surface area contributed by atoms with Gasteiger partial charge in [-0.1, -0.05) is 19.9 Å². The van der Waals surface area contributed by atoms with Gasteiger partial charge in [-0.05, 0) is 67.1 Å². The summed E-state index contributed by atoms with van der Waals surface area (Å²) in [6.45, 7) is 6.10. The number of halogens is 2. The van der Waals surface area contributed by atoms with Crippen LogP contribution in [0.1, 0.15) is 37.8 Å². The van der Waals surface area contributed by atoms with Crippen molar-refractivity contribution in [3.8, 4) is 0 Å². The number of carbonyl (C=O) groups excluding carboxylic acids is 1. The van der Waals surface area contributed by atoms with Gasteiger partial charge in [0.15, 0.2) is 17.9 Å². The lowest BCUT2D eigenvalue weighted by Crippen LogP contribution is -2.43. The Morgan fingerprint density at radius 2 is 1.84 bits per heavy atom. The highest BCUT2D eigenvalue weighted by atomic mass is 32.2. The molecule has 2 saturated heterocycles. The van der Waals surface area contributed by atoms with Crippen molar-refractivity contribution in [2.45, 2.75) is 63.4 Å². The average Bonchev–Trinajstić information content (AvgIpc) is 3.47. The van der Waals surface area contributed by atoms with E-state index in [9.17, 15) is 27.1 Å². The summed E-state index contributed by atoms with van der Waals surface area (Å²) >= 11 is 0. The predicted molar refractivity (Wildman–Crippen MR) is 154 cm³/mol. The Kier molecular flexibility index (Phi) is 9.43. The minimum absolute atomic E-state index is 0.00153. The third kappa shape index (κ3) is 6.88. The SMILES string of the molecule is Cc1cc(S(=O)(=O)N(CC(C)C)C[C@@H](O)[C@@H](CC(=O)OC2C3COC4OCC2C4C3)Cc2ccc(F)c(F)c2)ccc1N. The monoisotopic (exact) mass is 622 g/mol. The van der Waals surface area contributed by atoms with Crippen LogP contribution in [0.25, 0.3) is 0 Å². The number of nitrogens with zero attached hydrogens (tertiary/aromatic N) is 1. The van der Waals surface area contributed by atoms with E-state index in [1.54, 1.807) is 6.92 Å². The Labute approximate surface area is 251 Å². The van der Waals surface area contributed by atoms with E-state index < -0.39 is 39.6 Å². The van der Waals surface area contributed by atoms with Gasteiger partial charge in [0, 0.05) is 42.4 Å². The molecule has 1 aliphatic carbocycles. The second-order valence-electron chi connectivity index (χ2n) is 12.5. The number of anilines is 1. The van der Waals surface area contributed by atoms with Crippen LogP contribution in [0.3, 0.4) is 0 Å². The molecule has 0 radical (unpaired) electrons. The largest absolute Gasteiger partial charge is 0.462 e. The third-order valence-electron chi connectivity index (χ3n) is 8.85. The first kappa shape index (κ1) is 31.8. The van der Waals surface area contributed by atoms with Gasteiger partial charge in [-0.3, -0.25) is 4.79 Å². The number of aliphatic hydroxyl groups is 1. The number of rotatable bonds is 12. The highest BCUT2D eigenvalue weighted by Crippen LogP contribution is 2.49. The van der Waals surface area contributed by atoms with Crippen molar-refractivity contribution >= 4 is 21.7 Å². The topological polar surface area (TPSA) is 128 Å². The van der Waals surface area contributed by atoms with Crippen molar-refractivity contribution in [3.05, 3.63) is 59.2 Å². The fraction of sp³-hybridized carbons (Fsp3) is 0.581. The molecule has 12 heteroatoms. The second kappa shape index (κ2) is 12.8. The van der Waals surface area contributed by atoms with Crippen LogP contribution < -0.4 is 5.73 Å². The Balaban J connectivity index is 1.37. The summed E-state index contributed by atoms with van der Waals surface area (Å²) in [5, 5.41) is 11.5. The molecule has 2 aromatic carbocycles. The second-order valence-corrected chi connectivity index (χ2v) is 14.5. The summed E-state index contributed by atoms with van der Waals surface area (Å²) in [5.41, 5.74) is 7.32. The molecule has 2 bridgehead atoms. The average molecular weight is 623 g/mol.